The number of hydrogen-bond acceptors (Lipinski definition) is 2. The van der Waals surface area contributed by atoms with E-state index in [1.54, 1.807) is 0 Å². The summed E-state index contributed by atoms with van der Waals surface area (Å²) in [5.74, 6) is -0.747. The summed E-state index contributed by atoms with van der Waals surface area (Å²) in [4.78, 5) is 10.5. The van der Waals surface area contributed by atoms with Crippen molar-refractivity contribution in [1.82, 2.24) is 0 Å². The van der Waals surface area contributed by atoms with Crippen LogP contribution in [-0.2, 0) is 9.53 Å². The van der Waals surface area contributed by atoms with Crippen LogP contribution in [0.15, 0.2) is 60.8 Å². The van der Waals surface area contributed by atoms with Gasteiger partial charge in [0.15, 0.2) is 0 Å². The smallest absolute Gasteiger partial charge is 0.303 e. The van der Waals surface area contributed by atoms with Crippen LogP contribution in [0.3, 0.4) is 0 Å². The Kier molecular flexibility index (Phi) is 12.3. The molecule has 0 amide bonds. The molecule has 0 spiro atoms. The van der Waals surface area contributed by atoms with Gasteiger partial charge in [-0.05, 0) is 44.9 Å². The Morgan fingerprint density at radius 2 is 1.56 bits per heavy atom. The summed E-state index contributed by atoms with van der Waals surface area (Å²) in [6.07, 6.45) is 28.9. The number of epoxide rings is 1. The predicted octanol–water partition coefficient (Wildman–Crippen LogP) is 5.76. The van der Waals surface area contributed by atoms with Crippen LogP contribution >= 0.6 is 0 Å². The van der Waals surface area contributed by atoms with E-state index >= 15 is 0 Å². The molecule has 25 heavy (non-hydrogen) atoms. The number of ether oxygens (including phenoxy) is 1. The lowest BCUT2D eigenvalue weighted by molar-refractivity contribution is -0.137. The predicted molar refractivity (Wildman–Crippen MR) is 105 cm³/mol. The zero-order valence-corrected chi connectivity index (χ0v) is 15.3. The normalized spacial score (nSPS) is 20.8. The van der Waals surface area contributed by atoms with Gasteiger partial charge < -0.3 is 9.84 Å². The molecule has 1 saturated heterocycles. The first-order valence-corrected chi connectivity index (χ1v) is 9.38. The molecule has 1 rings (SSSR count). The minimum atomic E-state index is -0.747. The number of allylic oxidation sites excluding steroid dienone is 9. The Hall–Kier alpha value is -1.87. The lowest BCUT2D eigenvalue weighted by atomic mass is 10.1. The Bertz CT molecular complexity index is 497. The van der Waals surface area contributed by atoms with E-state index in [1.807, 2.05) is 0 Å². The molecule has 2 atom stereocenters. The average Bonchev–Trinajstić information content (AvgIpc) is 3.35. The van der Waals surface area contributed by atoms with E-state index in [-0.39, 0.29) is 18.6 Å². The second-order valence-electron chi connectivity index (χ2n) is 6.11. The third kappa shape index (κ3) is 13.1. The molecule has 138 valence electrons. The van der Waals surface area contributed by atoms with Crippen molar-refractivity contribution >= 4 is 5.97 Å². The van der Waals surface area contributed by atoms with Gasteiger partial charge in [0.1, 0.15) is 0 Å². The van der Waals surface area contributed by atoms with Crippen LogP contribution in [0.2, 0.25) is 0 Å². The fraction of sp³-hybridized carbons (Fsp3) is 0.500. The minimum absolute atomic E-state index is 0.150. The first kappa shape index (κ1) is 21.2. The van der Waals surface area contributed by atoms with Crippen LogP contribution in [-0.4, -0.2) is 23.3 Å². The number of carboxylic acids is 1. The van der Waals surface area contributed by atoms with Gasteiger partial charge in [0.25, 0.3) is 0 Å². The Labute approximate surface area is 152 Å². The third-order valence-corrected chi connectivity index (χ3v) is 3.86. The van der Waals surface area contributed by atoms with Crippen molar-refractivity contribution < 1.29 is 14.6 Å². The molecule has 0 aliphatic carbocycles. The van der Waals surface area contributed by atoms with Crippen molar-refractivity contribution in [3.05, 3.63) is 60.8 Å². The highest BCUT2D eigenvalue weighted by molar-refractivity contribution is 5.66. The molecule has 2 unspecified atom stereocenters. The molecule has 0 aromatic heterocycles. The number of aliphatic carboxylic acids is 1. The number of hydrogen-bond donors (Lipinski definition) is 1. The first-order valence-electron chi connectivity index (χ1n) is 9.38. The van der Waals surface area contributed by atoms with E-state index in [1.165, 1.54) is 0 Å². The Balaban J connectivity index is 1.94. The van der Waals surface area contributed by atoms with Crippen molar-refractivity contribution in [2.45, 2.75) is 70.5 Å². The molecule has 0 aromatic rings. The lowest BCUT2D eigenvalue weighted by Gasteiger charge is -1.89. The summed E-state index contributed by atoms with van der Waals surface area (Å²) < 4.78 is 5.43. The van der Waals surface area contributed by atoms with Crippen molar-refractivity contribution in [2.24, 2.45) is 0 Å². The van der Waals surface area contributed by atoms with Crippen LogP contribution in [0.5, 0.6) is 0 Å². The summed E-state index contributed by atoms with van der Waals surface area (Å²) in [7, 11) is 0. The van der Waals surface area contributed by atoms with Crippen LogP contribution in [0.4, 0.5) is 0 Å². The van der Waals surface area contributed by atoms with Gasteiger partial charge in [0, 0.05) is 6.42 Å². The largest absolute Gasteiger partial charge is 0.481 e. The second-order valence-corrected chi connectivity index (χ2v) is 6.11. The molecule has 1 aliphatic rings. The number of rotatable bonds is 14. The molecule has 0 saturated carbocycles. The van der Waals surface area contributed by atoms with Crippen molar-refractivity contribution in [3.63, 3.8) is 0 Å². The molecule has 1 heterocycles. The van der Waals surface area contributed by atoms with Gasteiger partial charge >= 0.3 is 5.97 Å². The van der Waals surface area contributed by atoms with Gasteiger partial charge in [0.2, 0.25) is 0 Å². The number of carbonyl (C=O) groups is 1. The molecular formula is C22H32O3. The fourth-order valence-electron chi connectivity index (χ4n) is 2.39. The highest BCUT2D eigenvalue weighted by Gasteiger charge is 2.37. The number of unbranched alkanes of at least 4 members (excludes halogenated alkanes) is 1. The Morgan fingerprint density at radius 1 is 0.880 bits per heavy atom. The van der Waals surface area contributed by atoms with E-state index < -0.39 is 5.97 Å². The minimum Gasteiger partial charge on any atom is -0.481 e. The van der Waals surface area contributed by atoms with E-state index in [9.17, 15) is 4.79 Å². The summed E-state index contributed by atoms with van der Waals surface area (Å²) in [5.41, 5.74) is 0. The summed E-state index contributed by atoms with van der Waals surface area (Å²) in [6.45, 7) is 2.15. The standard InChI is InChI=1S/C22H32O3/c1-2-3-4-5-6-7-8-9-10-11-12-13-14-15-16-17-20-21(25-20)18-19-22(23)24/h3-4,7-10,12-13,15-16,20-21H,2,5-6,11,14,17-19H2,1H3,(H,23,24)/b4-3-,8-7+,10-9-,13-12-,16-15-. The van der Waals surface area contributed by atoms with Crippen LogP contribution in [0.25, 0.3) is 0 Å². The molecule has 3 nitrogen and oxygen atoms in total. The molecule has 1 N–H and O–H groups in total. The third-order valence-electron chi connectivity index (χ3n) is 3.86. The van der Waals surface area contributed by atoms with Crippen molar-refractivity contribution in [1.29, 1.82) is 0 Å². The SMILES string of the molecule is CC/C=C\CC/C=C/C=C\C/C=C\C/C=C\CC1OC1CCC(=O)O. The highest BCUT2D eigenvalue weighted by Crippen LogP contribution is 2.29. The molecule has 0 radical (unpaired) electrons. The van der Waals surface area contributed by atoms with Gasteiger partial charge in [0.05, 0.1) is 12.2 Å². The van der Waals surface area contributed by atoms with Crippen molar-refractivity contribution in [2.75, 3.05) is 0 Å². The summed E-state index contributed by atoms with van der Waals surface area (Å²) in [5, 5.41) is 8.61. The summed E-state index contributed by atoms with van der Waals surface area (Å²) >= 11 is 0. The monoisotopic (exact) mass is 344 g/mol. The van der Waals surface area contributed by atoms with Gasteiger partial charge in [-0.1, -0.05) is 67.7 Å². The highest BCUT2D eigenvalue weighted by atomic mass is 16.6. The molecule has 1 aliphatic heterocycles. The molecular weight excluding hydrogens is 312 g/mol. The van der Waals surface area contributed by atoms with Crippen molar-refractivity contribution in [3.8, 4) is 0 Å². The Morgan fingerprint density at radius 3 is 2.32 bits per heavy atom. The molecule has 1 fully saturated rings. The van der Waals surface area contributed by atoms with E-state index in [2.05, 4.69) is 67.7 Å². The fourth-order valence-corrected chi connectivity index (χ4v) is 2.39. The maximum atomic E-state index is 10.5. The summed E-state index contributed by atoms with van der Waals surface area (Å²) in [6, 6.07) is 0. The molecule has 0 aromatic carbocycles. The first-order chi connectivity index (χ1) is 12.2. The van der Waals surface area contributed by atoms with E-state index in [4.69, 9.17) is 9.84 Å². The van der Waals surface area contributed by atoms with Crippen LogP contribution < -0.4 is 0 Å². The van der Waals surface area contributed by atoms with Crippen LogP contribution in [0.1, 0.15) is 58.3 Å². The lowest BCUT2D eigenvalue weighted by Crippen LogP contribution is -1.99. The number of carboxylic acid groups (broad SMARTS) is 1. The maximum absolute atomic E-state index is 10.5. The van der Waals surface area contributed by atoms with Gasteiger partial charge in [-0.15, -0.1) is 0 Å². The molecule has 3 heteroatoms. The maximum Gasteiger partial charge on any atom is 0.303 e. The average molecular weight is 344 g/mol. The van der Waals surface area contributed by atoms with Gasteiger partial charge in [-0.2, -0.15) is 0 Å². The van der Waals surface area contributed by atoms with Crippen LogP contribution in [0, 0.1) is 0 Å². The second kappa shape index (κ2) is 14.5. The zero-order chi connectivity index (χ0) is 18.2. The van der Waals surface area contributed by atoms with E-state index in [0.717, 1.165) is 38.5 Å². The molecule has 0 bridgehead atoms. The topological polar surface area (TPSA) is 49.8 Å². The zero-order valence-electron chi connectivity index (χ0n) is 15.3. The quantitative estimate of drug-likeness (QED) is 0.189. The van der Waals surface area contributed by atoms with Gasteiger partial charge in [-0.25, -0.2) is 0 Å². The van der Waals surface area contributed by atoms with Gasteiger partial charge in [-0.3, -0.25) is 4.79 Å². The van der Waals surface area contributed by atoms with E-state index in [0.29, 0.717) is 6.42 Å².